The number of anilines is 1. The highest BCUT2D eigenvalue weighted by Gasteiger charge is 2.18. The number of carbonyl (C=O) groups excluding carboxylic acids is 1. The van der Waals surface area contributed by atoms with E-state index in [4.69, 9.17) is 5.11 Å². The maximum Gasteiger partial charge on any atom is 0.323 e. The Morgan fingerprint density at radius 2 is 1.94 bits per heavy atom. The van der Waals surface area contributed by atoms with E-state index >= 15 is 0 Å². The van der Waals surface area contributed by atoms with Crippen LogP contribution in [0.1, 0.15) is 24.5 Å². The zero-order valence-electron chi connectivity index (χ0n) is 10.4. The Balaban J connectivity index is 3.12. The van der Waals surface area contributed by atoms with Crippen molar-refractivity contribution in [2.24, 2.45) is 0 Å². The maximum atomic E-state index is 11.7. The molecule has 0 atom stereocenters. The van der Waals surface area contributed by atoms with Crippen molar-refractivity contribution < 1.29 is 14.7 Å². The third-order valence-electron chi connectivity index (χ3n) is 2.54. The smallest absolute Gasteiger partial charge is 0.323 e. The van der Waals surface area contributed by atoms with Gasteiger partial charge in [-0.05, 0) is 25.5 Å². The first-order chi connectivity index (χ1) is 7.95. The molecule has 0 aliphatic rings. The number of carboxylic acid groups (broad SMARTS) is 1. The summed E-state index contributed by atoms with van der Waals surface area (Å²) >= 11 is 0. The number of carboxylic acids is 1. The summed E-state index contributed by atoms with van der Waals surface area (Å²) < 4.78 is 0. The number of nitrogens with zero attached hydrogens (tertiary/aromatic N) is 1. The second-order valence-electron chi connectivity index (χ2n) is 4.02. The van der Waals surface area contributed by atoms with E-state index < -0.39 is 5.97 Å². The first kappa shape index (κ1) is 13.2. The predicted octanol–water partition coefficient (Wildman–Crippen LogP) is 2.13. The summed E-state index contributed by atoms with van der Waals surface area (Å²) in [5.41, 5.74) is 2.67. The molecule has 0 aromatic heterocycles. The summed E-state index contributed by atoms with van der Waals surface area (Å²) in [6.07, 6.45) is 0.292. The summed E-state index contributed by atoms with van der Waals surface area (Å²) in [7, 11) is 0. The van der Waals surface area contributed by atoms with E-state index in [1.54, 1.807) is 13.0 Å². The lowest BCUT2D eigenvalue weighted by molar-refractivity contribution is -0.136. The van der Waals surface area contributed by atoms with Crippen LogP contribution in [0.3, 0.4) is 0 Å². The summed E-state index contributed by atoms with van der Waals surface area (Å²) in [4.78, 5) is 23.9. The molecule has 4 nitrogen and oxygen atoms in total. The Kier molecular flexibility index (Phi) is 4.26. The molecule has 0 saturated carbocycles. The Morgan fingerprint density at radius 1 is 1.29 bits per heavy atom. The zero-order valence-corrected chi connectivity index (χ0v) is 10.4. The molecule has 0 fully saturated rings. The lowest BCUT2D eigenvalue weighted by Crippen LogP contribution is -2.35. The third-order valence-corrected chi connectivity index (χ3v) is 2.54. The van der Waals surface area contributed by atoms with Crippen molar-refractivity contribution in [3.63, 3.8) is 0 Å². The van der Waals surface area contributed by atoms with Gasteiger partial charge in [0.25, 0.3) is 0 Å². The molecule has 1 N–H and O–H groups in total. The molecule has 0 spiro atoms. The largest absolute Gasteiger partial charge is 0.480 e. The van der Waals surface area contributed by atoms with Gasteiger partial charge in [-0.25, -0.2) is 0 Å². The Morgan fingerprint density at radius 3 is 2.41 bits per heavy atom. The van der Waals surface area contributed by atoms with Gasteiger partial charge >= 0.3 is 5.97 Å². The van der Waals surface area contributed by atoms with Crippen LogP contribution in [0.15, 0.2) is 18.2 Å². The molecule has 0 saturated heterocycles. The Hall–Kier alpha value is -1.84. The number of aryl methyl sites for hydroxylation is 2. The number of amides is 1. The normalized spacial score (nSPS) is 10.1. The number of carbonyl (C=O) groups is 2. The van der Waals surface area contributed by atoms with Gasteiger partial charge in [0.1, 0.15) is 6.54 Å². The second kappa shape index (κ2) is 5.48. The predicted molar refractivity (Wildman–Crippen MR) is 66.2 cm³/mol. The highest BCUT2D eigenvalue weighted by molar-refractivity contribution is 5.97. The summed E-state index contributed by atoms with van der Waals surface area (Å²) in [5.74, 6) is -1.19. The van der Waals surface area contributed by atoms with Crippen LogP contribution in [0, 0.1) is 13.8 Å². The number of hydrogen-bond donors (Lipinski definition) is 1. The fourth-order valence-corrected chi connectivity index (χ4v) is 1.74. The molecule has 92 valence electrons. The van der Waals surface area contributed by atoms with Crippen LogP contribution >= 0.6 is 0 Å². The standard InChI is InChI=1S/C13H17NO3/c1-4-12(15)14(8-13(16)17)11-6-5-9(2)7-10(11)3/h5-7H,4,8H2,1-3H3,(H,16,17). The molecule has 17 heavy (non-hydrogen) atoms. The van der Waals surface area contributed by atoms with Crippen molar-refractivity contribution >= 4 is 17.6 Å². The van der Waals surface area contributed by atoms with E-state index in [0.717, 1.165) is 11.1 Å². The van der Waals surface area contributed by atoms with Crippen LogP contribution in [0.5, 0.6) is 0 Å². The van der Waals surface area contributed by atoms with E-state index in [9.17, 15) is 9.59 Å². The maximum absolute atomic E-state index is 11.7. The Labute approximate surface area is 101 Å². The highest BCUT2D eigenvalue weighted by Crippen LogP contribution is 2.21. The molecule has 0 aliphatic heterocycles. The van der Waals surface area contributed by atoms with E-state index in [1.807, 2.05) is 26.0 Å². The van der Waals surface area contributed by atoms with Gasteiger partial charge in [-0.2, -0.15) is 0 Å². The third kappa shape index (κ3) is 3.31. The van der Waals surface area contributed by atoms with E-state index in [2.05, 4.69) is 0 Å². The van der Waals surface area contributed by atoms with Gasteiger partial charge in [0.15, 0.2) is 0 Å². The average molecular weight is 235 g/mol. The van der Waals surface area contributed by atoms with Gasteiger partial charge in [-0.3, -0.25) is 9.59 Å². The van der Waals surface area contributed by atoms with Gasteiger partial charge < -0.3 is 10.0 Å². The van der Waals surface area contributed by atoms with E-state index in [1.165, 1.54) is 4.90 Å². The van der Waals surface area contributed by atoms with Gasteiger partial charge in [0.2, 0.25) is 5.91 Å². The molecule has 0 unspecified atom stereocenters. The van der Waals surface area contributed by atoms with Gasteiger partial charge in [0.05, 0.1) is 0 Å². The van der Waals surface area contributed by atoms with Crippen LogP contribution in [0.4, 0.5) is 5.69 Å². The number of rotatable bonds is 4. The molecule has 1 rings (SSSR count). The molecule has 0 heterocycles. The first-order valence-corrected chi connectivity index (χ1v) is 5.55. The molecule has 0 bridgehead atoms. The lowest BCUT2D eigenvalue weighted by Gasteiger charge is -2.22. The van der Waals surface area contributed by atoms with Gasteiger partial charge in [-0.15, -0.1) is 0 Å². The Bertz CT molecular complexity index is 440. The monoisotopic (exact) mass is 235 g/mol. The number of aliphatic carboxylic acids is 1. The molecule has 4 heteroatoms. The second-order valence-corrected chi connectivity index (χ2v) is 4.02. The van der Waals surface area contributed by atoms with Crippen molar-refractivity contribution in [1.29, 1.82) is 0 Å². The summed E-state index contributed by atoms with van der Waals surface area (Å²) in [5, 5.41) is 8.84. The fourth-order valence-electron chi connectivity index (χ4n) is 1.74. The summed E-state index contributed by atoms with van der Waals surface area (Å²) in [6, 6.07) is 5.61. The number of benzene rings is 1. The van der Waals surface area contributed by atoms with E-state index in [-0.39, 0.29) is 12.5 Å². The summed E-state index contributed by atoms with van der Waals surface area (Å²) in [6.45, 7) is 5.26. The topological polar surface area (TPSA) is 57.6 Å². The van der Waals surface area contributed by atoms with Gasteiger partial charge in [-0.1, -0.05) is 24.6 Å². The lowest BCUT2D eigenvalue weighted by atomic mass is 10.1. The van der Waals surface area contributed by atoms with Gasteiger partial charge in [0, 0.05) is 12.1 Å². The van der Waals surface area contributed by atoms with Crippen LogP contribution < -0.4 is 4.90 Å². The van der Waals surface area contributed by atoms with Crippen LogP contribution in [-0.2, 0) is 9.59 Å². The van der Waals surface area contributed by atoms with Crippen LogP contribution in [-0.4, -0.2) is 23.5 Å². The SMILES string of the molecule is CCC(=O)N(CC(=O)O)c1ccc(C)cc1C. The van der Waals surface area contributed by atoms with Crippen molar-refractivity contribution in [3.8, 4) is 0 Å². The molecule has 0 radical (unpaired) electrons. The zero-order chi connectivity index (χ0) is 13.0. The minimum Gasteiger partial charge on any atom is -0.480 e. The molecular formula is C13H17NO3. The van der Waals surface area contributed by atoms with Crippen molar-refractivity contribution in [2.45, 2.75) is 27.2 Å². The fraction of sp³-hybridized carbons (Fsp3) is 0.385. The van der Waals surface area contributed by atoms with Crippen LogP contribution in [0.25, 0.3) is 0 Å². The van der Waals surface area contributed by atoms with E-state index in [0.29, 0.717) is 12.1 Å². The molecule has 0 aliphatic carbocycles. The van der Waals surface area contributed by atoms with Crippen molar-refractivity contribution in [3.05, 3.63) is 29.3 Å². The minimum absolute atomic E-state index is 0.181. The minimum atomic E-state index is -1.01. The molecule has 1 aromatic carbocycles. The molecule has 1 amide bonds. The van der Waals surface area contributed by atoms with Crippen molar-refractivity contribution in [2.75, 3.05) is 11.4 Å². The average Bonchev–Trinajstić information content (AvgIpc) is 2.25. The molecule has 1 aromatic rings. The first-order valence-electron chi connectivity index (χ1n) is 5.55. The van der Waals surface area contributed by atoms with Crippen molar-refractivity contribution in [1.82, 2.24) is 0 Å². The quantitative estimate of drug-likeness (QED) is 0.869. The van der Waals surface area contributed by atoms with Crippen LogP contribution in [0.2, 0.25) is 0 Å². The molecular weight excluding hydrogens is 218 g/mol. The number of hydrogen-bond acceptors (Lipinski definition) is 2. The highest BCUT2D eigenvalue weighted by atomic mass is 16.4.